The van der Waals surface area contributed by atoms with Gasteiger partial charge >= 0.3 is 0 Å². The van der Waals surface area contributed by atoms with E-state index in [1.165, 1.54) is 30.9 Å². The van der Waals surface area contributed by atoms with Crippen LogP contribution in [0.25, 0.3) is 59.1 Å². The van der Waals surface area contributed by atoms with E-state index in [2.05, 4.69) is 144 Å². The van der Waals surface area contributed by atoms with Crippen LogP contribution in [0.2, 0.25) is 0 Å². The summed E-state index contributed by atoms with van der Waals surface area (Å²) in [5.74, 6) is 2.26. The smallest absolute Gasteiger partial charge is 0.201 e. The molecule has 0 aliphatic carbocycles. The Kier molecular flexibility index (Phi) is 6.11. The van der Waals surface area contributed by atoms with Gasteiger partial charge in [0.05, 0.1) is 0 Å². The number of anilines is 1. The van der Waals surface area contributed by atoms with Gasteiger partial charge in [-0.25, -0.2) is 9.98 Å². The molecule has 228 valence electrons. The molecule has 0 spiro atoms. The van der Waals surface area contributed by atoms with Crippen molar-refractivity contribution in [1.29, 1.82) is 0 Å². The first-order chi connectivity index (χ1) is 23.8. The minimum Gasteiger partial charge on any atom is -0.439 e. The molecule has 0 fully saturated rings. The molecule has 1 atom stereocenters. The standard InChI is InChI=1S/C42H28N4OS/c1-2-11-26(12-3-1)39-44-40(46-41(45-39)34-16-8-15-31-30-14-6-7-18-35(30)48-38(31)34)32-22-21-29(28-20-19-25-10-4-5-13-27(25)24-28)37-36(32)33-17-9-23-43-42(33)47-37/h1-22,24,39,43H,23H2,(H,44,45,46). The maximum Gasteiger partial charge on any atom is 0.201 e. The first-order valence-electron chi connectivity index (χ1n) is 16.2. The van der Waals surface area contributed by atoms with E-state index < -0.39 is 0 Å². The molecular formula is C42H28N4OS. The van der Waals surface area contributed by atoms with Gasteiger partial charge in [-0.05, 0) is 52.2 Å². The molecule has 0 saturated carbocycles. The molecule has 6 aromatic carbocycles. The van der Waals surface area contributed by atoms with Gasteiger partial charge in [-0.3, -0.25) is 0 Å². The molecule has 2 N–H and O–H groups in total. The molecule has 0 amide bonds. The maximum atomic E-state index is 6.65. The number of benzene rings is 6. The first kappa shape index (κ1) is 27.2. The predicted molar refractivity (Wildman–Crippen MR) is 201 cm³/mol. The van der Waals surface area contributed by atoms with Crippen LogP contribution in [0.1, 0.15) is 28.4 Å². The van der Waals surface area contributed by atoms with Crippen LogP contribution < -0.4 is 10.6 Å². The number of thiophene rings is 1. The quantitative estimate of drug-likeness (QED) is 0.202. The maximum absolute atomic E-state index is 6.65. The molecule has 0 radical (unpaired) electrons. The van der Waals surface area contributed by atoms with Crippen LogP contribution in [0, 0.1) is 0 Å². The number of hydrogen-bond acceptors (Lipinski definition) is 6. The molecular weight excluding hydrogens is 609 g/mol. The molecule has 48 heavy (non-hydrogen) atoms. The number of rotatable bonds is 4. The molecule has 2 aromatic heterocycles. The monoisotopic (exact) mass is 636 g/mol. The highest BCUT2D eigenvalue weighted by Gasteiger charge is 2.27. The van der Waals surface area contributed by atoms with Crippen molar-refractivity contribution >= 4 is 76.9 Å². The average Bonchev–Trinajstić information content (AvgIpc) is 3.74. The van der Waals surface area contributed by atoms with Gasteiger partial charge in [-0.15, -0.1) is 11.3 Å². The first-order valence-corrected chi connectivity index (χ1v) is 17.0. The number of nitrogens with zero attached hydrogens (tertiary/aromatic N) is 2. The van der Waals surface area contributed by atoms with Crippen molar-refractivity contribution in [3.8, 4) is 11.1 Å². The molecule has 8 aromatic rings. The third-order valence-corrected chi connectivity index (χ3v) is 10.6. The Balaban J connectivity index is 1.20. The van der Waals surface area contributed by atoms with Crippen LogP contribution in [0.5, 0.6) is 0 Å². The Morgan fingerprint density at radius 3 is 2.46 bits per heavy atom. The van der Waals surface area contributed by atoms with Gasteiger partial charge in [0, 0.05) is 54.4 Å². The number of nitrogens with one attached hydrogen (secondary N) is 2. The summed E-state index contributed by atoms with van der Waals surface area (Å²) in [5.41, 5.74) is 7.08. The molecule has 1 unspecified atom stereocenters. The largest absolute Gasteiger partial charge is 0.439 e. The number of fused-ring (bicyclic) bond motifs is 7. The van der Waals surface area contributed by atoms with E-state index in [-0.39, 0.29) is 6.17 Å². The summed E-state index contributed by atoms with van der Waals surface area (Å²) in [6.07, 6.45) is 3.98. The van der Waals surface area contributed by atoms with Gasteiger partial charge in [0.1, 0.15) is 17.6 Å². The summed E-state index contributed by atoms with van der Waals surface area (Å²) in [7, 11) is 0. The fourth-order valence-corrected chi connectivity index (χ4v) is 8.28. The van der Waals surface area contributed by atoms with Gasteiger partial charge in [0.25, 0.3) is 0 Å². The van der Waals surface area contributed by atoms with E-state index in [4.69, 9.17) is 14.4 Å². The Hall–Kier alpha value is -5.98. The number of hydrogen-bond donors (Lipinski definition) is 2. The number of amidine groups is 2. The molecule has 6 heteroatoms. The van der Waals surface area contributed by atoms with Gasteiger partial charge in [0.2, 0.25) is 5.88 Å². The summed E-state index contributed by atoms with van der Waals surface area (Å²) in [4.78, 5) is 10.6. The highest BCUT2D eigenvalue weighted by Crippen LogP contribution is 2.42. The van der Waals surface area contributed by atoms with E-state index >= 15 is 0 Å². The zero-order chi connectivity index (χ0) is 31.6. The summed E-state index contributed by atoms with van der Waals surface area (Å²) in [6.45, 7) is 0.718. The van der Waals surface area contributed by atoms with Crippen LogP contribution in [-0.2, 0) is 0 Å². The molecule has 5 nitrogen and oxygen atoms in total. The lowest BCUT2D eigenvalue weighted by Gasteiger charge is -2.24. The molecule has 0 saturated heterocycles. The lowest BCUT2D eigenvalue weighted by Crippen LogP contribution is -2.33. The minimum atomic E-state index is -0.315. The summed E-state index contributed by atoms with van der Waals surface area (Å²) in [6, 6.07) is 44.9. The van der Waals surface area contributed by atoms with Gasteiger partial charge in [0.15, 0.2) is 5.84 Å². The van der Waals surface area contributed by atoms with Crippen molar-refractivity contribution in [2.75, 3.05) is 11.9 Å². The summed E-state index contributed by atoms with van der Waals surface area (Å²) in [5, 5.41) is 13.1. The molecule has 2 aliphatic heterocycles. The van der Waals surface area contributed by atoms with Gasteiger partial charge in [-0.2, -0.15) is 0 Å². The minimum absolute atomic E-state index is 0.315. The van der Waals surface area contributed by atoms with E-state index in [1.54, 1.807) is 11.3 Å². The molecule has 2 aliphatic rings. The third kappa shape index (κ3) is 4.30. The second-order valence-corrected chi connectivity index (χ2v) is 13.3. The van der Waals surface area contributed by atoms with Crippen molar-refractivity contribution < 1.29 is 4.42 Å². The fourth-order valence-electron chi connectivity index (χ4n) is 7.06. The zero-order valence-electron chi connectivity index (χ0n) is 25.8. The van der Waals surface area contributed by atoms with Crippen molar-refractivity contribution in [3.63, 3.8) is 0 Å². The topological polar surface area (TPSA) is 61.9 Å². The lowest BCUT2D eigenvalue weighted by molar-refractivity contribution is 0.629. The molecule has 10 rings (SSSR count). The molecule has 4 heterocycles. The summed E-state index contributed by atoms with van der Waals surface area (Å²) >= 11 is 1.81. The van der Waals surface area contributed by atoms with Gasteiger partial charge < -0.3 is 15.1 Å². The second kappa shape index (κ2) is 10.8. The number of aliphatic imine (C=N–C) groups is 2. The summed E-state index contributed by atoms with van der Waals surface area (Å²) < 4.78 is 9.13. The Morgan fingerprint density at radius 1 is 0.708 bits per heavy atom. The van der Waals surface area contributed by atoms with Crippen molar-refractivity contribution in [2.24, 2.45) is 9.98 Å². The third-order valence-electron chi connectivity index (χ3n) is 9.36. The highest BCUT2D eigenvalue weighted by molar-refractivity contribution is 7.26. The zero-order valence-corrected chi connectivity index (χ0v) is 26.6. The van der Waals surface area contributed by atoms with Crippen molar-refractivity contribution in [3.05, 3.63) is 156 Å². The van der Waals surface area contributed by atoms with E-state index in [9.17, 15) is 0 Å². The van der Waals surface area contributed by atoms with Crippen molar-refractivity contribution in [1.82, 2.24) is 5.32 Å². The van der Waals surface area contributed by atoms with E-state index in [1.807, 2.05) is 6.07 Å². The Labute approximate surface area is 280 Å². The second-order valence-electron chi connectivity index (χ2n) is 12.2. The van der Waals surface area contributed by atoms with E-state index in [0.29, 0.717) is 5.84 Å². The van der Waals surface area contributed by atoms with Crippen LogP contribution in [0.4, 0.5) is 5.88 Å². The van der Waals surface area contributed by atoms with E-state index in [0.717, 1.165) is 62.6 Å². The molecule has 0 bridgehead atoms. The van der Waals surface area contributed by atoms with Crippen molar-refractivity contribution in [2.45, 2.75) is 6.17 Å². The van der Waals surface area contributed by atoms with Crippen LogP contribution in [-0.4, -0.2) is 18.2 Å². The fraction of sp³-hybridized carbons (Fsp3) is 0.0476. The highest BCUT2D eigenvalue weighted by atomic mass is 32.1. The van der Waals surface area contributed by atoms with Crippen LogP contribution in [0.15, 0.2) is 148 Å². The normalized spacial score (nSPS) is 15.7. The predicted octanol–water partition coefficient (Wildman–Crippen LogP) is 10.6. The average molecular weight is 637 g/mol. The Morgan fingerprint density at radius 2 is 1.52 bits per heavy atom. The number of furan rings is 1. The lowest BCUT2D eigenvalue weighted by atomic mass is 9.95. The van der Waals surface area contributed by atoms with Crippen LogP contribution in [0.3, 0.4) is 0 Å². The van der Waals surface area contributed by atoms with Crippen LogP contribution >= 0.6 is 11.3 Å². The SMILES string of the molecule is C1=Cc2c(oc3c(-c4ccc5ccccc5c4)ccc(C4=NC(c5ccccc5)NC(c5cccc6c5sc5ccccc56)=N4)c23)NC1. The van der Waals surface area contributed by atoms with Gasteiger partial charge in [-0.1, -0.05) is 109 Å². The Bertz CT molecular complexity index is 2660.